The van der Waals surface area contributed by atoms with Crippen molar-refractivity contribution in [2.75, 3.05) is 13.2 Å². The van der Waals surface area contributed by atoms with Gasteiger partial charge in [-0.2, -0.15) is 5.26 Å². The molecule has 0 radical (unpaired) electrons. The quantitative estimate of drug-likeness (QED) is 0.649. The van der Waals surface area contributed by atoms with Crippen LogP contribution in [0.3, 0.4) is 0 Å². The maximum Gasteiger partial charge on any atom is 0.237 e. The van der Waals surface area contributed by atoms with E-state index in [-0.39, 0.29) is 12.0 Å². The molecular formula is C10H18N2O2. The fourth-order valence-electron chi connectivity index (χ4n) is 0.927. The minimum absolute atomic E-state index is 0.171. The molecule has 0 saturated heterocycles. The zero-order valence-corrected chi connectivity index (χ0v) is 9.04. The summed E-state index contributed by atoms with van der Waals surface area (Å²) in [5, 5.41) is 11.3. The van der Waals surface area contributed by atoms with Gasteiger partial charge in [-0.15, -0.1) is 0 Å². The molecule has 0 rings (SSSR count). The second kappa shape index (κ2) is 7.34. The van der Waals surface area contributed by atoms with Crippen LogP contribution in [-0.2, 0) is 9.53 Å². The summed E-state index contributed by atoms with van der Waals surface area (Å²) in [4.78, 5) is 11.3. The number of carbonyl (C=O) groups excluding carboxylic acids is 1. The van der Waals surface area contributed by atoms with E-state index < -0.39 is 5.92 Å². The molecule has 1 unspecified atom stereocenters. The average Bonchev–Trinajstić information content (AvgIpc) is 2.14. The highest BCUT2D eigenvalue weighted by Gasteiger charge is 2.13. The van der Waals surface area contributed by atoms with E-state index in [1.54, 1.807) is 0 Å². The molecule has 1 atom stereocenters. The molecule has 1 N–H and O–H groups in total. The first kappa shape index (κ1) is 12.9. The summed E-state index contributed by atoms with van der Waals surface area (Å²) in [5.74, 6) is -0.739. The van der Waals surface area contributed by atoms with Crippen molar-refractivity contribution in [1.29, 1.82) is 5.26 Å². The van der Waals surface area contributed by atoms with Crippen molar-refractivity contribution in [3.05, 3.63) is 0 Å². The average molecular weight is 198 g/mol. The number of hydrogen-bond donors (Lipinski definition) is 1. The molecule has 0 aromatic carbocycles. The van der Waals surface area contributed by atoms with Gasteiger partial charge in [0, 0.05) is 6.54 Å². The number of nitrogens with one attached hydrogen (secondary N) is 1. The number of ether oxygens (including phenoxy) is 1. The van der Waals surface area contributed by atoms with Crippen molar-refractivity contribution in [2.45, 2.75) is 33.3 Å². The summed E-state index contributed by atoms with van der Waals surface area (Å²) >= 11 is 0. The molecule has 4 nitrogen and oxygen atoms in total. The second-order valence-corrected chi connectivity index (χ2v) is 3.30. The van der Waals surface area contributed by atoms with Crippen LogP contribution in [0.5, 0.6) is 0 Å². The van der Waals surface area contributed by atoms with Gasteiger partial charge in [0.1, 0.15) is 5.92 Å². The number of hydrogen-bond acceptors (Lipinski definition) is 3. The van der Waals surface area contributed by atoms with E-state index in [0.29, 0.717) is 19.6 Å². The lowest BCUT2D eigenvalue weighted by Gasteiger charge is -2.10. The second-order valence-electron chi connectivity index (χ2n) is 3.30. The summed E-state index contributed by atoms with van der Waals surface area (Å²) < 4.78 is 5.24. The van der Waals surface area contributed by atoms with E-state index in [0.717, 1.165) is 0 Å². The molecule has 0 aliphatic heterocycles. The standard InChI is InChI=1S/C10H18N2O2/c1-4-9(7-11)10(13)12-5-6-14-8(2)3/h8-9H,4-6H2,1-3H3,(H,12,13). The van der Waals surface area contributed by atoms with Crippen molar-refractivity contribution in [1.82, 2.24) is 5.32 Å². The molecular weight excluding hydrogens is 180 g/mol. The Morgan fingerprint density at radius 1 is 1.57 bits per heavy atom. The van der Waals surface area contributed by atoms with E-state index in [9.17, 15) is 4.79 Å². The highest BCUT2D eigenvalue weighted by Crippen LogP contribution is 1.99. The molecule has 0 heterocycles. The van der Waals surface area contributed by atoms with Crippen molar-refractivity contribution in [3.8, 4) is 6.07 Å². The number of rotatable bonds is 6. The number of nitrogens with zero attached hydrogens (tertiary/aromatic N) is 1. The van der Waals surface area contributed by atoms with Crippen molar-refractivity contribution in [2.24, 2.45) is 5.92 Å². The first-order valence-electron chi connectivity index (χ1n) is 4.90. The zero-order chi connectivity index (χ0) is 11.0. The Labute approximate surface area is 85.2 Å². The third kappa shape index (κ3) is 5.55. The van der Waals surface area contributed by atoms with E-state index in [1.165, 1.54) is 0 Å². The number of nitriles is 1. The van der Waals surface area contributed by atoms with Gasteiger partial charge in [0.25, 0.3) is 0 Å². The van der Waals surface area contributed by atoms with Crippen LogP contribution in [0.1, 0.15) is 27.2 Å². The topological polar surface area (TPSA) is 62.1 Å². The Morgan fingerprint density at radius 3 is 2.64 bits per heavy atom. The number of amides is 1. The van der Waals surface area contributed by atoms with Crippen LogP contribution >= 0.6 is 0 Å². The summed E-state index contributed by atoms with van der Waals surface area (Å²) in [5.41, 5.74) is 0. The van der Waals surface area contributed by atoms with Crippen LogP contribution < -0.4 is 5.32 Å². The highest BCUT2D eigenvalue weighted by atomic mass is 16.5. The fraction of sp³-hybridized carbons (Fsp3) is 0.800. The maximum absolute atomic E-state index is 11.3. The molecule has 14 heavy (non-hydrogen) atoms. The maximum atomic E-state index is 11.3. The van der Waals surface area contributed by atoms with Crippen LogP contribution in [0.4, 0.5) is 0 Å². The van der Waals surface area contributed by atoms with Crippen LogP contribution in [-0.4, -0.2) is 25.2 Å². The van der Waals surface area contributed by atoms with Gasteiger partial charge in [-0.3, -0.25) is 4.79 Å². The minimum atomic E-state index is -0.533. The minimum Gasteiger partial charge on any atom is -0.377 e. The first-order chi connectivity index (χ1) is 6.61. The third-order valence-electron chi connectivity index (χ3n) is 1.73. The lowest BCUT2D eigenvalue weighted by Crippen LogP contribution is -2.32. The van der Waals surface area contributed by atoms with Gasteiger partial charge in [0.05, 0.1) is 18.8 Å². The third-order valence-corrected chi connectivity index (χ3v) is 1.73. The van der Waals surface area contributed by atoms with E-state index in [1.807, 2.05) is 26.8 Å². The van der Waals surface area contributed by atoms with Crippen LogP contribution in [0.15, 0.2) is 0 Å². The predicted molar refractivity (Wildman–Crippen MR) is 53.5 cm³/mol. The molecule has 0 aromatic heterocycles. The smallest absolute Gasteiger partial charge is 0.237 e. The molecule has 0 aromatic rings. The van der Waals surface area contributed by atoms with Crippen LogP contribution in [0.25, 0.3) is 0 Å². The Balaban J connectivity index is 3.59. The lowest BCUT2D eigenvalue weighted by molar-refractivity contribution is -0.123. The van der Waals surface area contributed by atoms with Crippen LogP contribution in [0, 0.1) is 17.2 Å². The molecule has 0 aliphatic carbocycles. The van der Waals surface area contributed by atoms with Gasteiger partial charge in [0.15, 0.2) is 0 Å². The lowest BCUT2D eigenvalue weighted by atomic mass is 10.1. The Kier molecular flexibility index (Phi) is 6.77. The SMILES string of the molecule is CCC(C#N)C(=O)NCCOC(C)C. The summed E-state index contributed by atoms with van der Waals surface area (Å²) in [7, 11) is 0. The van der Waals surface area contributed by atoms with Crippen LogP contribution in [0.2, 0.25) is 0 Å². The molecule has 4 heteroatoms. The predicted octanol–water partition coefficient (Wildman–Crippen LogP) is 1.08. The van der Waals surface area contributed by atoms with Gasteiger partial charge in [0.2, 0.25) is 5.91 Å². The molecule has 0 bridgehead atoms. The summed E-state index contributed by atoms with van der Waals surface area (Å²) in [6, 6.07) is 1.95. The van der Waals surface area contributed by atoms with Crippen molar-refractivity contribution >= 4 is 5.91 Å². The van der Waals surface area contributed by atoms with Gasteiger partial charge < -0.3 is 10.1 Å². The largest absolute Gasteiger partial charge is 0.377 e. The van der Waals surface area contributed by atoms with Crippen molar-refractivity contribution in [3.63, 3.8) is 0 Å². The van der Waals surface area contributed by atoms with E-state index >= 15 is 0 Å². The monoisotopic (exact) mass is 198 g/mol. The Hall–Kier alpha value is -1.08. The van der Waals surface area contributed by atoms with Gasteiger partial charge in [-0.05, 0) is 20.3 Å². The molecule has 0 fully saturated rings. The Bertz CT molecular complexity index is 209. The fourth-order valence-corrected chi connectivity index (χ4v) is 0.927. The molecule has 0 aliphatic rings. The highest BCUT2D eigenvalue weighted by molar-refractivity contribution is 5.80. The summed E-state index contributed by atoms with van der Waals surface area (Å²) in [6.07, 6.45) is 0.720. The summed E-state index contributed by atoms with van der Waals surface area (Å²) in [6.45, 7) is 6.65. The molecule has 1 amide bonds. The molecule has 0 spiro atoms. The zero-order valence-electron chi connectivity index (χ0n) is 9.04. The first-order valence-corrected chi connectivity index (χ1v) is 4.90. The number of carbonyl (C=O) groups is 1. The Morgan fingerprint density at radius 2 is 2.21 bits per heavy atom. The van der Waals surface area contributed by atoms with Gasteiger partial charge >= 0.3 is 0 Å². The normalized spacial score (nSPS) is 12.2. The van der Waals surface area contributed by atoms with E-state index in [4.69, 9.17) is 10.00 Å². The van der Waals surface area contributed by atoms with Gasteiger partial charge in [-0.25, -0.2) is 0 Å². The van der Waals surface area contributed by atoms with Gasteiger partial charge in [-0.1, -0.05) is 6.92 Å². The molecule has 80 valence electrons. The molecule has 0 saturated carbocycles. The van der Waals surface area contributed by atoms with E-state index in [2.05, 4.69) is 5.32 Å². The van der Waals surface area contributed by atoms with Crippen molar-refractivity contribution < 1.29 is 9.53 Å².